The smallest absolute Gasteiger partial charge is 0.0450 e. The standard InChI is InChI=1S/C21H19N/c1-15-8-3-6-12-20(15)22(2)21-13-7-11-18-17-10-5-4-9-16(17)14-19(18)21/h3-13H,14H2,1-2H3. The van der Waals surface area contributed by atoms with Crippen LogP contribution < -0.4 is 4.90 Å². The summed E-state index contributed by atoms with van der Waals surface area (Å²) in [5, 5.41) is 0. The van der Waals surface area contributed by atoms with E-state index in [1.807, 2.05) is 0 Å². The second-order valence-electron chi connectivity index (χ2n) is 5.98. The SMILES string of the molecule is Cc1ccccc1N(C)c1cccc2c1Cc1ccccc1-2. The van der Waals surface area contributed by atoms with Crippen molar-refractivity contribution in [1.29, 1.82) is 0 Å². The van der Waals surface area contributed by atoms with E-state index in [1.165, 1.54) is 39.2 Å². The molecule has 0 aromatic heterocycles. The van der Waals surface area contributed by atoms with E-state index in [0.29, 0.717) is 0 Å². The number of rotatable bonds is 2. The summed E-state index contributed by atoms with van der Waals surface area (Å²) in [6.45, 7) is 2.17. The molecule has 1 aliphatic rings. The molecule has 1 aliphatic carbocycles. The normalized spacial score (nSPS) is 11.9. The molecule has 0 heterocycles. The van der Waals surface area contributed by atoms with Crippen LogP contribution in [0.5, 0.6) is 0 Å². The van der Waals surface area contributed by atoms with Crippen molar-refractivity contribution in [3.05, 3.63) is 83.4 Å². The lowest BCUT2D eigenvalue weighted by atomic mass is 10.0. The summed E-state index contributed by atoms with van der Waals surface area (Å²) in [5.41, 5.74) is 9.52. The van der Waals surface area contributed by atoms with Crippen LogP contribution in [0, 0.1) is 6.92 Å². The van der Waals surface area contributed by atoms with Crippen LogP contribution >= 0.6 is 0 Å². The van der Waals surface area contributed by atoms with E-state index >= 15 is 0 Å². The van der Waals surface area contributed by atoms with Gasteiger partial charge in [-0.2, -0.15) is 0 Å². The highest BCUT2D eigenvalue weighted by molar-refractivity contribution is 5.84. The Labute approximate surface area is 131 Å². The molecule has 0 saturated carbocycles. The second kappa shape index (κ2) is 5.03. The molecule has 0 N–H and O–H groups in total. The molecule has 0 bridgehead atoms. The minimum absolute atomic E-state index is 1.03. The van der Waals surface area contributed by atoms with Crippen LogP contribution in [-0.4, -0.2) is 7.05 Å². The van der Waals surface area contributed by atoms with Crippen LogP contribution in [0.2, 0.25) is 0 Å². The molecule has 0 atom stereocenters. The Kier molecular flexibility index (Phi) is 3.00. The minimum Gasteiger partial charge on any atom is -0.344 e. The van der Waals surface area contributed by atoms with Crippen LogP contribution in [-0.2, 0) is 6.42 Å². The maximum absolute atomic E-state index is 2.32. The lowest BCUT2D eigenvalue weighted by Crippen LogP contribution is -2.12. The minimum atomic E-state index is 1.03. The van der Waals surface area contributed by atoms with Crippen molar-refractivity contribution in [2.24, 2.45) is 0 Å². The van der Waals surface area contributed by atoms with Gasteiger partial charge in [-0.05, 0) is 46.9 Å². The van der Waals surface area contributed by atoms with Gasteiger partial charge in [0.05, 0.1) is 0 Å². The first kappa shape index (κ1) is 13.1. The predicted molar refractivity (Wildman–Crippen MR) is 93.9 cm³/mol. The van der Waals surface area contributed by atoms with E-state index in [1.54, 1.807) is 0 Å². The molecule has 22 heavy (non-hydrogen) atoms. The maximum atomic E-state index is 2.32. The number of aryl methyl sites for hydroxylation is 1. The van der Waals surface area contributed by atoms with Gasteiger partial charge in [-0.1, -0.05) is 54.6 Å². The molecule has 0 spiro atoms. The summed E-state index contributed by atoms with van der Waals surface area (Å²) < 4.78 is 0. The van der Waals surface area contributed by atoms with E-state index in [4.69, 9.17) is 0 Å². The van der Waals surface area contributed by atoms with Gasteiger partial charge in [0.25, 0.3) is 0 Å². The van der Waals surface area contributed by atoms with Gasteiger partial charge in [0.15, 0.2) is 0 Å². The Hall–Kier alpha value is -2.54. The third-order valence-electron chi connectivity index (χ3n) is 4.66. The van der Waals surface area contributed by atoms with Crippen LogP contribution in [0.15, 0.2) is 66.7 Å². The Morgan fingerprint density at radius 3 is 2.27 bits per heavy atom. The van der Waals surface area contributed by atoms with Crippen molar-refractivity contribution in [3.63, 3.8) is 0 Å². The molecule has 1 heteroatoms. The van der Waals surface area contributed by atoms with E-state index in [9.17, 15) is 0 Å². The Morgan fingerprint density at radius 2 is 1.41 bits per heavy atom. The highest BCUT2D eigenvalue weighted by Crippen LogP contribution is 2.42. The molecule has 4 rings (SSSR count). The number of nitrogens with zero attached hydrogens (tertiary/aromatic N) is 1. The first-order valence-corrected chi connectivity index (χ1v) is 7.75. The first-order valence-electron chi connectivity index (χ1n) is 7.75. The summed E-state index contributed by atoms with van der Waals surface area (Å²) in [7, 11) is 2.17. The van der Waals surface area contributed by atoms with E-state index in [-0.39, 0.29) is 0 Å². The summed E-state index contributed by atoms with van der Waals surface area (Å²) in [5.74, 6) is 0. The lowest BCUT2D eigenvalue weighted by Gasteiger charge is -2.24. The van der Waals surface area contributed by atoms with Crippen molar-refractivity contribution in [3.8, 4) is 11.1 Å². The molecule has 0 saturated heterocycles. The third-order valence-corrected chi connectivity index (χ3v) is 4.66. The highest BCUT2D eigenvalue weighted by atomic mass is 15.1. The Bertz CT molecular complexity index is 848. The Morgan fingerprint density at radius 1 is 0.727 bits per heavy atom. The van der Waals surface area contributed by atoms with Gasteiger partial charge < -0.3 is 4.90 Å². The maximum Gasteiger partial charge on any atom is 0.0450 e. The van der Waals surface area contributed by atoms with Crippen LogP contribution in [0.1, 0.15) is 16.7 Å². The fourth-order valence-corrected chi connectivity index (χ4v) is 3.52. The highest BCUT2D eigenvalue weighted by Gasteiger charge is 2.22. The molecule has 0 fully saturated rings. The average molecular weight is 285 g/mol. The van der Waals surface area contributed by atoms with Crippen LogP contribution in [0.25, 0.3) is 11.1 Å². The van der Waals surface area contributed by atoms with E-state index in [2.05, 4.69) is 85.6 Å². The number of para-hydroxylation sites is 1. The van der Waals surface area contributed by atoms with E-state index in [0.717, 1.165) is 6.42 Å². The number of hydrogen-bond acceptors (Lipinski definition) is 1. The summed E-state index contributed by atoms with van der Waals surface area (Å²) in [6, 6.07) is 24.0. The number of benzene rings is 3. The van der Waals surface area contributed by atoms with Crippen molar-refractivity contribution < 1.29 is 0 Å². The van der Waals surface area contributed by atoms with Crippen molar-refractivity contribution in [1.82, 2.24) is 0 Å². The van der Waals surface area contributed by atoms with Crippen molar-refractivity contribution >= 4 is 11.4 Å². The predicted octanol–water partition coefficient (Wildman–Crippen LogP) is 5.33. The molecule has 0 radical (unpaired) electrons. The third kappa shape index (κ3) is 1.93. The van der Waals surface area contributed by atoms with Crippen LogP contribution in [0.4, 0.5) is 11.4 Å². The molecule has 3 aromatic carbocycles. The van der Waals surface area contributed by atoms with Crippen LogP contribution in [0.3, 0.4) is 0 Å². The van der Waals surface area contributed by atoms with Gasteiger partial charge in [0, 0.05) is 24.8 Å². The van der Waals surface area contributed by atoms with Gasteiger partial charge in [0.2, 0.25) is 0 Å². The molecular weight excluding hydrogens is 266 g/mol. The topological polar surface area (TPSA) is 3.24 Å². The van der Waals surface area contributed by atoms with Gasteiger partial charge in [-0.15, -0.1) is 0 Å². The molecular formula is C21H19N. The van der Waals surface area contributed by atoms with Gasteiger partial charge >= 0.3 is 0 Å². The molecule has 3 aromatic rings. The molecule has 1 nitrogen and oxygen atoms in total. The summed E-state index contributed by atoms with van der Waals surface area (Å²) in [4.78, 5) is 2.32. The fourth-order valence-electron chi connectivity index (χ4n) is 3.52. The Balaban J connectivity index is 1.84. The zero-order valence-electron chi connectivity index (χ0n) is 13.0. The monoisotopic (exact) mass is 285 g/mol. The number of fused-ring (bicyclic) bond motifs is 3. The quantitative estimate of drug-likeness (QED) is 0.481. The van der Waals surface area contributed by atoms with Crippen molar-refractivity contribution in [2.45, 2.75) is 13.3 Å². The molecule has 0 unspecified atom stereocenters. The molecule has 108 valence electrons. The number of anilines is 2. The summed E-state index contributed by atoms with van der Waals surface area (Å²) >= 11 is 0. The largest absolute Gasteiger partial charge is 0.344 e. The summed E-state index contributed by atoms with van der Waals surface area (Å²) in [6.07, 6.45) is 1.03. The second-order valence-corrected chi connectivity index (χ2v) is 5.98. The lowest BCUT2D eigenvalue weighted by molar-refractivity contribution is 1.14. The van der Waals surface area contributed by atoms with E-state index < -0.39 is 0 Å². The van der Waals surface area contributed by atoms with Crippen molar-refractivity contribution in [2.75, 3.05) is 11.9 Å². The average Bonchev–Trinajstić information content (AvgIpc) is 2.93. The zero-order valence-corrected chi connectivity index (χ0v) is 13.0. The van der Waals surface area contributed by atoms with Gasteiger partial charge in [0.1, 0.15) is 0 Å². The van der Waals surface area contributed by atoms with Gasteiger partial charge in [-0.3, -0.25) is 0 Å². The fraction of sp³-hybridized carbons (Fsp3) is 0.143. The molecule has 0 aliphatic heterocycles. The number of hydrogen-bond donors (Lipinski definition) is 0. The zero-order chi connectivity index (χ0) is 15.1. The van der Waals surface area contributed by atoms with Gasteiger partial charge in [-0.25, -0.2) is 0 Å². The first-order chi connectivity index (χ1) is 10.8. The molecule has 0 amide bonds.